The second-order valence-corrected chi connectivity index (χ2v) is 9.38. The van der Waals surface area contributed by atoms with E-state index in [1.807, 2.05) is 47.4 Å². The van der Waals surface area contributed by atoms with Gasteiger partial charge in [0.1, 0.15) is 0 Å². The van der Waals surface area contributed by atoms with Gasteiger partial charge in [-0.15, -0.1) is 0 Å². The van der Waals surface area contributed by atoms with Gasteiger partial charge < -0.3 is 4.90 Å². The molecule has 1 amide bonds. The summed E-state index contributed by atoms with van der Waals surface area (Å²) in [4.78, 5) is 33.0. The molecule has 5 rings (SSSR count). The largest absolute Gasteiger partial charge is 0.340 e. The lowest BCUT2D eigenvalue weighted by molar-refractivity contribution is -0.384. The standard InChI is InChI=1S/C27H26ClN3O4/c28-21-11-15-22(16-12-21)30-25(20-9-13-23(14-10-20)31(33)34)24(19-7-3-1-4-8-19)26(35-30)27(32)29-17-5-2-6-18-29/h1,3-4,7-16,24-26H,2,5-6,17-18H2/t24-,25-,26-/m0/s1. The zero-order valence-corrected chi connectivity index (χ0v) is 19.9. The van der Waals surface area contributed by atoms with E-state index in [-0.39, 0.29) is 23.6 Å². The Morgan fingerprint density at radius 1 is 0.886 bits per heavy atom. The van der Waals surface area contributed by atoms with Crippen LogP contribution in [0.5, 0.6) is 0 Å². The number of hydrogen-bond acceptors (Lipinski definition) is 5. The summed E-state index contributed by atoms with van der Waals surface area (Å²) in [6.07, 6.45) is 2.37. The molecule has 3 aromatic carbocycles. The molecule has 0 saturated carbocycles. The number of piperidine rings is 1. The van der Waals surface area contributed by atoms with E-state index in [0.717, 1.165) is 49.2 Å². The predicted octanol–water partition coefficient (Wildman–Crippen LogP) is 5.91. The third-order valence-corrected chi connectivity index (χ3v) is 7.02. The summed E-state index contributed by atoms with van der Waals surface area (Å²) in [6, 6.07) is 23.3. The molecule has 0 bridgehead atoms. The van der Waals surface area contributed by atoms with Crippen molar-refractivity contribution in [3.8, 4) is 0 Å². The lowest BCUT2D eigenvalue weighted by Gasteiger charge is -2.30. The highest BCUT2D eigenvalue weighted by Gasteiger charge is 2.50. The Morgan fingerprint density at radius 2 is 1.54 bits per heavy atom. The number of nitrogens with zero attached hydrogens (tertiary/aromatic N) is 3. The SMILES string of the molecule is O=C([C@H]1ON(c2ccc(Cl)cc2)[C@@H](c2ccc([N+](=O)[O-])cc2)[C@@H]1c1ccccc1)N1CCCCC1. The van der Waals surface area contributed by atoms with Crippen LogP contribution >= 0.6 is 11.6 Å². The van der Waals surface area contributed by atoms with Gasteiger partial charge in [0.15, 0.2) is 6.10 Å². The Morgan fingerprint density at radius 3 is 2.17 bits per heavy atom. The first kappa shape index (κ1) is 23.3. The summed E-state index contributed by atoms with van der Waals surface area (Å²) in [7, 11) is 0. The van der Waals surface area contributed by atoms with E-state index in [2.05, 4.69) is 0 Å². The number of amides is 1. The smallest absolute Gasteiger partial charge is 0.269 e. The first-order valence-corrected chi connectivity index (χ1v) is 12.2. The number of carbonyl (C=O) groups is 1. The summed E-state index contributed by atoms with van der Waals surface area (Å²) in [6.45, 7) is 1.45. The lowest BCUT2D eigenvalue weighted by Crippen LogP contribution is -2.44. The van der Waals surface area contributed by atoms with E-state index in [9.17, 15) is 14.9 Å². The Bertz CT molecular complexity index is 1180. The van der Waals surface area contributed by atoms with Gasteiger partial charge in [-0.1, -0.05) is 54.1 Å². The molecule has 2 heterocycles. The van der Waals surface area contributed by atoms with Gasteiger partial charge in [-0.05, 0) is 54.7 Å². The third kappa shape index (κ3) is 4.74. The van der Waals surface area contributed by atoms with Crippen LogP contribution in [0.2, 0.25) is 5.02 Å². The summed E-state index contributed by atoms with van der Waals surface area (Å²) in [5.74, 6) is -0.343. The number of likely N-dealkylation sites (tertiary alicyclic amines) is 1. The van der Waals surface area contributed by atoms with Crippen molar-refractivity contribution >= 4 is 28.9 Å². The predicted molar refractivity (Wildman–Crippen MR) is 134 cm³/mol. The van der Waals surface area contributed by atoms with E-state index in [1.54, 1.807) is 29.3 Å². The maximum atomic E-state index is 13.8. The van der Waals surface area contributed by atoms with Crippen LogP contribution in [0.4, 0.5) is 11.4 Å². The Labute approximate surface area is 209 Å². The summed E-state index contributed by atoms with van der Waals surface area (Å²) < 4.78 is 0. The lowest BCUT2D eigenvalue weighted by atomic mass is 9.83. The van der Waals surface area contributed by atoms with E-state index >= 15 is 0 Å². The third-order valence-electron chi connectivity index (χ3n) is 6.77. The summed E-state index contributed by atoms with van der Waals surface area (Å²) in [5.41, 5.74) is 2.58. The molecule has 0 unspecified atom stereocenters. The molecular formula is C27H26ClN3O4. The Kier molecular flexibility index (Phi) is 6.70. The number of hydrogen-bond donors (Lipinski definition) is 0. The zero-order valence-electron chi connectivity index (χ0n) is 19.1. The highest BCUT2D eigenvalue weighted by Crippen LogP contribution is 2.48. The molecule has 35 heavy (non-hydrogen) atoms. The normalized spacial score (nSPS) is 22.3. The van der Waals surface area contributed by atoms with Gasteiger partial charge in [-0.2, -0.15) is 0 Å². The maximum absolute atomic E-state index is 13.8. The van der Waals surface area contributed by atoms with Crippen molar-refractivity contribution in [2.24, 2.45) is 0 Å². The zero-order chi connectivity index (χ0) is 24.4. The van der Waals surface area contributed by atoms with Gasteiger partial charge in [-0.3, -0.25) is 19.7 Å². The van der Waals surface area contributed by atoms with Crippen LogP contribution in [0.15, 0.2) is 78.9 Å². The van der Waals surface area contributed by atoms with Gasteiger partial charge in [-0.25, -0.2) is 5.06 Å². The molecule has 2 fully saturated rings. The number of benzene rings is 3. The number of rotatable bonds is 5. The van der Waals surface area contributed by atoms with Crippen molar-refractivity contribution in [3.05, 3.63) is 105 Å². The van der Waals surface area contributed by atoms with E-state index < -0.39 is 11.0 Å². The van der Waals surface area contributed by atoms with Crippen molar-refractivity contribution < 1.29 is 14.6 Å². The minimum atomic E-state index is -0.730. The van der Waals surface area contributed by atoms with Gasteiger partial charge in [0.2, 0.25) is 0 Å². The number of non-ortho nitro benzene ring substituents is 1. The maximum Gasteiger partial charge on any atom is 0.269 e. The fourth-order valence-electron chi connectivity index (χ4n) is 5.04. The fraction of sp³-hybridized carbons (Fsp3) is 0.296. The molecular weight excluding hydrogens is 466 g/mol. The Balaban J connectivity index is 1.61. The van der Waals surface area contributed by atoms with Crippen molar-refractivity contribution in [1.82, 2.24) is 4.90 Å². The molecule has 3 atom stereocenters. The number of nitro groups is 1. The van der Waals surface area contributed by atoms with Crippen LogP contribution < -0.4 is 5.06 Å². The first-order chi connectivity index (χ1) is 17.0. The summed E-state index contributed by atoms with van der Waals surface area (Å²) >= 11 is 6.14. The molecule has 0 N–H and O–H groups in total. The molecule has 0 radical (unpaired) electrons. The number of halogens is 1. The average Bonchev–Trinajstić information content (AvgIpc) is 3.30. The first-order valence-electron chi connectivity index (χ1n) is 11.8. The molecule has 3 aromatic rings. The molecule has 0 spiro atoms. The Hall–Kier alpha value is -3.42. The molecule has 8 heteroatoms. The van der Waals surface area contributed by atoms with E-state index in [0.29, 0.717) is 5.02 Å². The second-order valence-electron chi connectivity index (χ2n) is 8.94. The van der Waals surface area contributed by atoms with Gasteiger partial charge >= 0.3 is 0 Å². The highest BCUT2D eigenvalue weighted by molar-refractivity contribution is 6.30. The topological polar surface area (TPSA) is 75.9 Å². The fourth-order valence-corrected chi connectivity index (χ4v) is 5.16. The minimum Gasteiger partial charge on any atom is -0.340 e. The van der Waals surface area contributed by atoms with Crippen LogP contribution in [-0.2, 0) is 9.63 Å². The summed E-state index contributed by atoms with van der Waals surface area (Å²) in [5, 5.41) is 13.6. The quantitative estimate of drug-likeness (QED) is 0.328. The number of anilines is 1. The second kappa shape index (κ2) is 10.1. The molecule has 0 aliphatic carbocycles. The molecule has 2 aliphatic rings. The molecule has 180 valence electrons. The highest BCUT2D eigenvalue weighted by atomic mass is 35.5. The van der Waals surface area contributed by atoms with Crippen LogP contribution in [0, 0.1) is 10.1 Å². The monoisotopic (exact) mass is 491 g/mol. The average molecular weight is 492 g/mol. The van der Waals surface area contributed by atoms with Crippen molar-refractivity contribution in [2.75, 3.05) is 18.2 Å². The van der Waals surface area contributed by atoms with Crippen molar-refractivity contribution in [3.63, 3.8) is 0 Å². The van der Waals surface area contributed by atoms with Crippen LogP contribution in [-0.4, -0.2) is 34.9 Å². The molecule has 2 saturated heterocycles. The molecule has 0 aromatic heterocycles. The van der Waals surface area contributed by atoms with Crippen molar-refractivity contribution in [1.29, 1.82) is 0 Å². The van der Waals surface area contributed by atoms with E-state index in [1.165, 1.54) is 12.1 Å². The van der Waals surface area contributed by atoms with Crippen LogP contribution in [0.1, 0.15) is 42.3 Å². The number of nitro benzene ring substituents is 1. The van der Waals surface area contributed by atoms with Gasteiger partial charge in [0.05, 0.1) is 16.7 Å². The molecule has 7 nitrogen and oxygen atoms in total. The minimum absolute atomic E-state index is 0.0166. The molecule has 2 aliphatic heterocycles. The van der Waals surface area contributed by atoms with E-state index in [4.69, 9.17) is 16.4 Å². The number of hydroxylamine groups is 1. The van der Waals surface area contributed by atoms with Crippen molar-refractivity contribution in [2.45, 2.75) is 37.3 Å². The van der Waals surface area contributed by atoms with Gasteiger partial charge in [0.25, 0.3) is 11.6 Å². The van der Waals surface area contributed by atoms with Gasteiger partial charge in [0, 0.05) is 36.2 Å². The van der Waals surface area contributed by atoms with Crippen LogP contribution in [0.25, 0.3) is 0 Å². The van der Waals surface area contributed by atoms with Crippen LogP contribution in [0.3, 0.4) is 0 Å². The number of carbonyl (C=O) groups excluding carboxylic acids is 1.